The Kier molecular flexibility index (Phi) is 4.93. The molecule has 3 atom stereocenters. The summed E-state index contributed by atoms with van der Waals surface area (Å²) in [6, 6.07) is 6.99. The highest BCUT2D eigenvalue weighted by molar-refractivity contribution is 6.02. The van der Waals surface area contributed by atoms with Crippen LogP contribution in [-0.4, -0.2) is 35.7 Å². The molecular weight excluding hydrogens is 318 g/mol. The average Bonchev–Trinajstić information content (AvgIpc) is 3.20. The summed E-state index contributed by atoms with van der Waals surface area (Å²) in [6.07, 6.45) is 2.22. The third-order valence-corrected chi connectivity index (χ3v) is 5.49. The third-order valence-electron chi connectivity index (χ3n) is 5.49. The smallest absolute Gasteiger partial charge is 0.309 e. The van der Waals surface area contributed by atoms with Gasteiger partial charge >= 0.3 is 5.97 Å². The molecule has 0 radical (unpaired) electrons. The van der Waals surface area contributed by atoms with Gasteiger partial charge in [0.15, 0.2) is 5.78 Å². The van der Waals surface area contributed by atoms with E-state index in [9.17, 15) is 14.4 Å². The zero-order valence-electron chi connectivity index (χ0n) is 15.0. The summed E-state index contributed by atoms with van der Waals surface area (Å²) in [5.41, 5.74) is 1.64. The first-order chi connectivity index (χ1) is 12.0. The molecular formula is C20H25NO4. The van der Waals surface area contributed by atoms with Crippen LogP contribution in [0.5, 0.6) is 0 Å². The summed E-state index contributed by atoms with van der Waals surface area (Å²) in [5.74, 6) is -1.13. The molecule has 0 bridgehead atoms. The number of esters is 1. The molecule has 1 amide bonds. The van der Waals surface area contributed by atoms with Gasteiger partial charge in [0.25, 0.3) is 5.91 Å². The number of rotatable bonds is 5. The lowest BCUT2D eigenvalue weighted by Crippen LogP contribution is -2.48. The summed E-state index contributed by atoms with van der Waals surface area (Å²) in [7, 11) is 1.36. The molecule has 5 nitrogen and oxygen atoms in total. The normalized spacial score (nSPS) is 23.7. The van der Waals surface area contributed by atoms with Gasteiger partial charge in [-0.15, -0.1) is 0 Å². The summed E-state index contributed by atoms with van der Waals surface area (Å²) in [6.45, 7) is 4.38. The molecule has 3 rings (SSSR count). The molecule has 0 saturated heterocycles. The average molecular weight is 343 g/mol. The molecule has 2 aliphatic rings. The van der Waals surface area contributed by atoms with Crippen molar-refractivity contribution >= 4 is 17.7 Å². The first-order valence-corrected chi connectivity index (χ1v) is 8.96. The molecule has 1 aliphatic heterocycles. The van der Waals surface area contributed by atoms with Crippen LogP contribution in [0, 0.1) is 17.8 Å². The Balaban J connectivity index is 1.86. The van der Waals surface area contributed by atoms with Crippen molar-refractivity contribution in [3.05, 3.63) is 35.4 Å². The number of benzene rings is 1. The predicted octanol–water partition coefficient (Wildman–Crippen LogP) is 2.83. The molecule has 1 aromatic carbocycles. The fourth-order valence-electron chi connectivity index (χ4n) is 4.30. The van der Waals surface area contributed by atoms with E-state index in [0.717, 1.165) is 12.0 Å². The molecule has 0 N–H and O–H groups in total. The number of carbonyl (C=O) groups is 3. The van der Waals surface area contributed by atoms with Crippen molar-refractivity contribution in [3.8, 4) is 0 Å². The van der Waals surface area contributed by atoms with Crippen molar-refractivity contribution in [1.82, 2.24) is 4.90 Å². The van der Waals surface area contributed by atoms with E-state index in [1.165, 1.54) is 7.11 Å². The van der Waals surface area contributed by atoms with Crippen LogP contribution >= 0.6 is 0 Å². The molecule has 134 valence electrons. The van der Waals surface area contributed by atoms with Crippen molar-refractivity contribution in [2.45, 2.75) is 45.7 Å². The van der Waals surface area contributed by atoms with Crippen LogP contribution in [0.4, 0.5) is 0 Å². The minimum atomic E-state index is -0.504. The molecule has 1 aromatic rings. The van der Waals surface area contributed by atoms with Crippen LogP contribution in [0.1, 0.15) is 49.0 Å². The van der Waals surface area contributed by atoms with Crippen molar-refractivity contribution in [1.29, 1.82) is 0 Å². The fourth-order valence-corrected chi connectivity index (χ4v) is 4.30. The van der Waals surface area contributed by atoms with Gasteiger partial charge in [-0.1, -0.05) is 38.5 Å². The number of hydrogen-bond donors (Lipinski definition) is 0. The maximum absolute atomic E-state index is 13.3. The maximum atomic E-state index is 13.3. The summed E-state index contributed by atoms with van der Waals surface area (Å²) in [5, 5.41) is 0. The first kappa shape index (κ1) is 17.6. The molecule has 1 fully saturated rings. The lowest BCUT2D eigenvalue weighted by molar-refractivity contribution is -0.150. The summed E-state index contributed by atoms with van der Waals surface area (Å²) in [4.78, 5) is 39.8. The Hall–Kier alpha value is -2.17. The summed E-state index contributed by atoms with van der Waals surface area (Å²) < 4.78 is 4.88. The number of fused-ring (bicyclic) bond motifs is 1. The zero-order valence-corrected chi connectivity index (χ0v) is 15.0. The second-order valence-electron chi connectivity index (χ2n) is 7.35. The van der Waals surface area contributed by atoms with E-state index in [1.54, 1.807) is 4.90 Å². The van der Waals surface area contributed by atoms with Crippen LogP contribution in [-0.2, 0) is 20.9 Å². The van der Waals surface area contributed by atoms with E-state index in [0.29, 0.717) is 24.9 Å². The van der Waals surface area contributed by atoms with Gasteiger partial charge < -0.3 is 9.64 Å². The number of hydrogen-bond acceptors (Lipinski definition) is 4. The lowest BCUT2D eigenvalue weighted by atomic mass is 9.84. The van der Waals surface area contributed by atoms with Crippen LogP contribution in [0.25, 0.3) is 0 Å². The van der Waals surface area contributed by atoms with Gasteiger partial charge in [0, 0.05) is 18.0 Å². The number of ketones is 1. The minimum absolute atomic E-state index is 0.00376. The van der Waals surface area contributed by atoms with Crippen LogP contribution in [0.2, 0.25) is 0 Å². The Morgan fingerprint density at radius 2 is 1.84 bits per heavy atom. The Morgan fingerprint density at radius 1 is 1.16 bits per heavy atom. The zero-order chi connectivity index (χ0) is 18.1. The molecule has 1 heterocycles. The van der Waals surface area contributed by atoms with Crippen molar-refractivity contribution in [2.75, 3.05) is 7.11 Å². The van der Waals surface area contributed by atoms with E-state index < -0.39 is 6.04 Å². The summed E-state index contributed by atoms with van der Waals surface area (Å²) >= 11 is 0. The van der Waals surface area contributed by atoms with Crippen molar-refractivity contribution in [2.24, 2.45) is 17.8 Å². The monoisotopic (exact) mass is 343 g/mol. The largest absolute Gasteiger partial charge is 0.469 e. The number of carbonyl (C=O) groups excluding carboxylic acids is 3. The highest BCUT2D eigenvalue weighted by Crippen LogP contribution is 2.37. The quantitative estimate of drug-likeness (QED) is 0.771. The van der Waals surface area contributed by atoms with Crippen LogP contribution in [0.15, 0.2) is 24.3 Å². The fraction of sp³-hybridized carbons (Fsp3) is 0.550. The van der Waals surface area contributed by atoms with Crippen molar-refractivity contribution < 1.29 is 19.1 Å². The molecule has 5 heteroatoms. The SMILES string of the molecule is COC(=O)C1CCCC1C(=O)C(C(C)C)N1Cc2ccccc2C1=O. The first-order valence-electron chi connectivity index (χ1n) is 8.96. The molecule has 0 aromatic heterocycles. The molecule has 1 saturated carbocycles. The Morgan fingerprint density at radius 3 is 2.48 bits per heavy atom. The second kappa shape index (κ2) is 6.98. The van der Waals surface area contributed by atoms with Gasteiger partial charge in [0.05, 0.1) is 19.1 Å². The van der Waals surface area contributed by atoms with E-state index >= 15 is 0 Å². The molecule has 3 unspecified atom stereocenters. The predicted molar refractivity (Wildman–Crippen MR) is 92.8 cm³/mol. The van der Waals surface area contributed by atoms with Gasteiger partial charge in [0.2, 0.25) is 0 Å². The highest BCUT2D eigenvalue weighted by atomic mass is 16.5. The standard InChI is InChI=1S/C20H25NO4/c1-12(2)17(18(22)15-9-6-10-16(15)20(24)25-3)21-11-13-7-4-5-8-14(13)19(21)23/h4-5,7-8,12,15-17H,6,9-11H2,1-3H3. The van der Waals surface area contributed by atoms with Gasteiger partial charge in [-0.25, -0.2) is 0 Å². The number of nitrogens with zero attached hydrogens (tertiary/aromatic N) is 1. The number of amides is 1. The van der Waals surface area contributed by atoms with Crippen molar-refractivity contribution in [3.63, 3.8) is 0 Å². The van der Waals surface area contributed by atoms with Crippen LogP contribution in [0.3, 0.4) is 0 Å². The van der Waals surface area contributed by atoms with E-state index in [1.807, 2.05) is 38.1 Å². The lowest BCUT2D eigenvalue weighted by Gasteiger charge is -2.32. The number of ether oxygens (including phenoxy) is 1. The second-order valence-corrected chi connectivity index (χ2v) is 7.35. The number of methoxy groups -OCH3 is 1. The van der Waals surface area contributed by atoms with Crippen LogP contribution < -0.4 is 0 Å². The molecule has 0 spiro atoms. The third kappa shape index (κ3) is 3.08. The van der Waals surface area contributed by atoms with E-state index in [2.05, 4.69) is 0 Å². The van der Waals surface area contributed by atoms with Gasteiger partial charge in [0.1, 0.15) is 0 Å². The van der Waals surface area contributed by atoms with E-state index in [-0.39, 0.29) is 35.4 Å². The Labute approximate surface area is 148 Å². The topological polar surface area (TPSA) is 63.7 Å². The molecule has 1 aliphatic carbocycles. The molecule has 25 heavy (non-hydrogen) atoms. The maximum Gasteiger partial charge on any atom is 0.309 e. The van der Waals surface area contributed by atoms with Gasteiger partial charge in [-0.05, 0) is 30.4 Å². The number of Topliss-reactive ketones (excluding diaryl/α,β-unsaturated/α-hetero) is 1. The minimum Gasteiger partial charge on any atom is -0.469 e. The van der Waals surface area contributed by atoms with E-state index in [4.69, 9.17) is 4.74 Å². The van der Waals surface area contributed by atoms with Gasteiger partial charge in [-0.2, -0.15) is 0 Å². The Bertz CT molecular complexity index is 697. The van der Waals surface area contributed by atoms with Gasteiger partial charge in [-0.3, -0.25) is 14.4 Å². The highest BCUT2D eigenvalue weighted by Gasteiger charge is 2.45.